The third kappa shape index (κ3) is 4.46. The van der Waals surface area contributed by atoms with E-state index in [9.17, 15) is 9.59 Å². The van der Waals surface area contributed by atoms with Crippen molar-refractivity contribution in [1.29, 1.82) is 0 Å². The number of rotatable bonds is 3. The van der Waals surface area contributed by atoms with Gasteiger partial charge in [0, 0.05) is 31.2 Å². The Kier molecular flexibility index (Phi) is 5.84. The largest absolute Gasteiger partial charge is 0.349 e. The predicted molar refractivity (Wildman–Crippen MR) is 98.5 cm³/mol. The van der Waals surface area contributed by atoms with Gasteiger partial charge in [0.15, 0.2) is 0 Å². The van der Waals surface area contributed by atoms with E-state index in [2.05, 4.69) is 5.32 Å². The molecule has 2 aliphatic heterocycles. The molecule has 5 nitrogen and oxygen atoms in total. The number of carbonyl (C=O) groups is 2. The molecule has 0 aromatic heterocycles. The molecule has 2 heterocycles. The Hall–Kier alpha value is -1.75. The van der Waals surface area contributed by atoms with E-state index < -0.39 is 0 Å². The first-order valence-electron chi connectivity index (χ1n) is 9.14. The van der Waals surface area contributed by atoms with Crippen LogP contribution >= 0.6 is 11.6 Å². The molecular weight excluding hydrogens is 338 g/mol. The van der Waals surface area contributed by atoms with E-state index in [0.717, 1.165) is 50.9 Å². The predicted octanol–water partition coefficient (Wildman–Crippen LogP) is 3.45. The van der Waals surface area contributed by atoms with Crippen LogP contribution in [0.2, 0.25) is 5.02 Å². The highest BCUT2D eigenvalue weighted by Crippen LogP contribution is 2.22. The first kappa shape index (κ1) is 18.1. The Labute approximate surface area is 154 Å². The van der Waals surface area contributed by atoms with Gasteiger partial charge in [-0.05, 0) is 50.3 Å². The topological polar surface area (TPSA) is 52.7 Å². The van der Waals surface area contributed by atoms with Gasteiger partial charge in [0.1, 0.15) is 0 Å². The number of carbonyl (C=O) groups excluding carboxylic acids is 2. The summed E-state index contributed by atoms with van der Waals surface area (Å²) in [7, 11) is 0. The first-order chi connectivity index (χ1) is 12.0. The van der Waals surface area contributed by atoms with Crippen LogP contribution in [0.25, 0.3) is 0 Å². The van der Waals surface area contributed by atoms with Gasteiger partial charge in [-0.3, -0.25) is 4.79 Å². The Morgan fingerprint density at radius 3 is 2.60 bits per heavy atom. The Morgan fingerprint density at radius 2 is 1.88 bits per heavy atom. The normalized spacial score (nSPS) is 21.9. The maximum absolute atomic E-state index is 12.7. The number of urea groups is 1. The lowest BCUT2D eigenvalue weighted by atomic mass is 9.96. The van der Waals surface area contributed by atoms with Crippen molar-refractivity contribution < 1.29 is 9.59 Å². The molecule has 0 radical (unpaired) electrons. The van der Waals surface area contributed by atoms with E-state index in [0.29, 0.717) is 11.6 Å². The summed E-state index contributed by atoms with van der Waals surface area (Å²) < 4.78 is 0. The average molecular weight is 364 g/mol. The quantitative estimate of drug-likeness (QED) is 0.894. The summed E-state index contributed by atoms with van der Waals surface area (Å²) in [6, 6.07) is 7.53. The lowest BCUT2D eigenvalue weighted by Crippen LogP contribution is -2.49. The minimum Gasteiger partial charge on any atom is -0.349 e. The van der Waals surface area contributed by atoms with Gasteiger partial charge < -0.3 is 15.1 Å². The summed E-state index contributed by atoms with van der Waals surface area (Å²) >= 11 is 6.03. The second kappa shape index (κ2) is 8.09. The lowest BCUT2D eigenvalue weighted by Gasteiger charge is -2.35. The van der Waals surface area contributed by atoms with Gasteiger partial charge in [0.25, 0.3) is 0 Å². The van der Waals surface area contributed by atoms with Crippen LogP contribution in [0.15, 0.2) is 24.3 Å². The summed E-state index contributed by atoms with van der Waals surface area (Å²) in [6.45, 7) is 4.92. The molecule has 0 unspecified atom stereocenters. The van der Waals surface area contributed by atoms with E-state index in [-0.39, 0.29) is 23.9 Å². The zero-order chi connectivity index (χ0) is 17.8. The number of hydrogen-bond donors (Lipinski definition) is 1. The van der Waals surface area contributed by atoms with Gasteiger partial charge in [-0.2, -0.15) is 0 Å². The molecule has 1 aromatic carbocycles. The van der Waals surface area contributed by atoms with Gasteiger partial charge in [-0.15, -0.1) is 0 Å². The summed E-state index contributed by atoms with van der Waals surface area (Å²) in [5, 5.41) is 3.74. The molecule has 1 N–H and O–H groups in total. The highest BCUT2D eigenvalue weighted by molar-refractivity contribution is 6.30. The fourth-order valence-electron chi connectivity index (χ4n) is 3.66. The molecule has 2 saturated heterocycles. The number of nitrogens with zero attached hydrogens (tertiary/aromatic N) is 2. The first-order valence-corrected chi connectivity index (χ1v) is 9.52. The van der Waals surface area contributed by atoms with Crippen LogP contribution in [-0.2, 0) is 4.79 Å². The third-order valence-electron chi connectivity index (χ3n) is 5.15. The maximum atomic E-state index is 12.7. The van der Waals surface area contributed by atoms with E-state index in [1.807, 2.05) is 41.0 Å². The Morgan fingerprint density at radius 1 is 1.16 bits per heavy atom. The van der Waals surface area contributed by atoms with Gasteiger partial charge in [-0.25, -0.2) is 4.79 Å². The maximum Gasteiger partial charge on any atom is 0.320 e. The number of piperidine rings is 1. The van der Waals surface area contributed by atoms with Crippen LogP contribution < -0.4 is 5.32 Å². The SMILES string of the molecule is C[C@@H](NC(=O)[C@@H]1CCCN(C(=O)N2CCCC2)C1)c1cccc(Cl)c1. The van der Waals surface area contributed by atoms with E-state index >= 15 is 0 Å². The number of likely N-dealkylation sites (tertiary alicyclic amines) is 2. The molecule has 2 fully saturated rings. The van der Waals surface area contributed by atoms with Crippen LogP contribution in [-0.4, -0.2) is 47.9 Å². The molecule has 0 bridgehead atoms. The van der Waals surface area contributed by atoms with Crippen LogP contribution in [0, 0.1) is 5.92 Å². The van der Waals surface area contributed by atoms with Gasteiger partial charge in [0.2, 0.25) is 5.91 Å². The summed E-state index contributed by atoms with van der Waals surface area (Å²) in [6.07, 6.45) is 3.88. The highest BCUT2D eigenvalue weighted by atomic mass is 35.5. The van der Waals surface area contributed by atoms with Crippen molar-refractivity contribution >= 4 is 23.5 Å². The van der Waals surface area contributed by atoms with Crippen LogP contribution in [0.4, 0.5) is 4.79 Å². The number of hydrogen-bond acceptors (Lipinski definition) is 2. The van der Waals surface area contributed by atoms with Gasteiger partial charge >= 0.3 is 6.03 Å². The molecule has 25 heavy (non-hydrogen) atoms. The van der Waals surface area contributed by atoms with Crippen LogP contribution in [0.5, 0.6) is 0 Å². The standard InChI is InChI=1S/C19H26ClN3O2/c1-14(15-6-4-8-17(20)12-15)21-18(24)16-7-5-11-23(13-16)19(25)22-9-2-3-10-22/h4,6,8,12,14,16H,2-3,5,7,9-11,13H2,1H3,(H,21,24)/t14-,16-/m1/s1. The van der Waals surface area contributed by atoms with Crippen LogP contribution in [0.1, 0.15) is 44.2 Å². The third-order valence-corrected chi connectivity index (χ3v) is 5.38. The minimum absolute atomic E-state index is 0.0198. The molecule has 2 atom stereocenters. The minimum atomic E-state index is -0.137. The van der Waals surface area contributed by atoms with Gasteiger partial charge in [0.05, 0.1) is 12.0 Å². The van der Waals surface area contributed by atoms with Crippen molar-refractivity contribution in [2.45, 2.75) is 38.6 Å². The summed E-state index contributed by atoms with van der Waals surface area (Å²) in [4.78, 5) is 29.0. The number of amides is 3. The summed E-state index contributed by atoms with van der Waals surface area (Å²) in [5.41, 5.74) is 0.988. The van der Waals surface area contributed by atoms with Crippen molar-refractivity contribution in [3.05, 3.63) is 34.9 Å². The second-order valence-electron chi connectivity index (χ2n) is 7.05. The van der Waals surface area contributed by atoms with E-state index in [4.69, 9.17) is 11.6 Å². The zero-order valence-corrected chi connectivity index (χ0v) is 15.5. The van der Waals surface area contributed by atoms with Crippen molar-refractivity contribution in [2.24, 2.45) is 5.92 Å². The van der Waals surface area contributed by atoms with Crippen molar-refractivity contribution in [3.8, 4) is 0 Å². The van der Waals surface area contributed by atoms with Gasteiger partial charge in [-0.1, -0.05) is 23.7 Å². The van der Waals surface area contributed by atoms with Crippen LogP contribution in [0.3, 0.4) is 0 Å². The molecule has 3 amide bonds. The fourth-order valence-corrected chi connectivity index (χ4v) is 3.86. The molecule has 0 saturated carbocycles. The monoisotopic (exact) mass is 363 g/mol. The lowest BCUT2D eigenvalue weighted by molar-refractivity contribution is -0.127. The number of nitrogens with one attached hydrogen (secondary N) is 1. The Balaban J connectivity index is 1.57. The second-order valence-corrected chi connectivity index (χ2v) is 7.48. The molecule has 6 heteroatoms. The van der Waals surface area contributed by atoms with Crippen molar-refractivity contribution in [1.82, 2.24) is 15.1 Å². The van der Waals surface area contributed by atoms with E-state index in [1.54, 1.807) is 0 Å². The molecular formula is C19H26ClN3O2. The highest BCUT2D eigenvalue weighted by Gasteiger charge is 2.31. The number of halogens is 1. The average Bonchev–Trinajstić information content (AvgIpc) is 3.15. The molecule has 2 aliphatic rings. The molecule has 0 spiro atoms. The molecule has 3 rings (SSSR count). The molecule has 136 valence electrons. The number of benzene rings is 1. The smallest absolute Gasteiger partial charge is 0.320 e. The fraction of sp³-hybridized carbons (Fsp3) is 0.579. The van der Waals surface area contributed by atoms with E-state index in [1.165, 1.54) is 0 Å². The van der Waals surface area contributed by atoms with Crippen molar-refractivity contribution in [3.63, 3.8) is 0 Å². The summed E-state index contributed by atoms with van der Waals surface area (Å²) in [5.74, 6) is -0.117. The Bertz CT molecular complexity index is 631. The zero-order valence-electron chi connectivity index (χ0n) is 14.7. The van der Waals surface area contributed by atoms with Crippen molar-refractivity contribution in [2.75, 3.05) is 26.2 Å². The molecule has 0 aliphatic carbocycles. The molecule has 1 aromatic rings.